The van der Waals surface area contributed by atoms with Gasteiger partial charge in [-0.05, 0) is 12.1 Å². The first-order valence-electron chi connectivity index (χ1n) is 8.18. The number of nitrogens with zero attached hydrogens (tertiary/aromatic N) is 3. The van der Waals surface area contributed by atoms with E-state index in [0.717, 1.165) is 10.9 Å². The monoisotopic (exact) mass is 355 g/mol. The molecule has 0 saturated carbocycles. The van der Waals surface area contributed by atoms with Crippen molar-refractivity contribution in [1.82, 2.24) is 14.9 Å². The lowest BCUT2D eigenvalue weighted by Crippen LogP contribution is -2.30. The van der Waals surface area contributed by atoms with Crippen molar-refractivity contribution in [2.45, 2.75) is 18.8 Å². The summed E-state index contributed by atoms with van der Waals surface area (Å²) in [5, 5.41) is 20.1. The number of β-amino-alcohol motifs (C(OH)–C–C–N with tert-alkyl or cyclic N) is 2. The van der Waals surface area contributed by atoms with Gasteiger partial charge in [-0.25, -0.2) is 4.98 Å². The predicted molar refractivity (Wildman–Crippen MR) is 90.5 cm³/mol. The Balaban J connectivity index is 1.45. The van der Waals surface area contributed by atoms with Gasteiger partial charge in [-0.1, -0.05) is 18.2 Å². The van der Waals surface area contributed by atoms with Crippen molar-refractivity contribution < 1.29 is 24.2 Å². The highest BCUT2D eigenvalue weighted by molar-refractivity contribution is 5.90. The second-order valence-electron chi connectivity index (χ2n) is 6.11. The Hall–Kier alpha value is -2.97. The van der Waals surface area contributed by atoms with Gasteiger partial charge < -0.3 is 24.3 Å². The van der Waals surface area contributed by atoms with E-state index in [-0.39, 0.29) is 25.6 Å². The lowest BCUT2D eigenvalue weighted by molar-refractivity contribution is 0.0572. The zero-order valence-electron chi connectivity index (χ0n) is 13.8. The van der Waals surface area contributed by atoms with Crippen LogP contribution in [0.2, 0.25) is 0 Å². The second kappa shape index (κ2) is 6.74. The molecule has 8 heteroatoms. The van der Waals surface area contributed by atoms with Gasteiger partial charge in [-0.15, -0.1) is 0 Å². The minimum atomic E-state index is -0.949. The molecule has 3 aromatic rings. The minimum Gasteiger partial charge on any atom is -0.485 e. The van der Waals surface area contributed by atoms with Crippen LogP contribution in [-0.4, -0.2) is 56.3 Å². The van der Waals surface area contributed by atoms with E-state index in [4.69, 9.17) is 9.15 Å². The number of ether oxygens (including phenoxy) is 1. The van der Waals surface area contributed by atoms with Crippen LogP contribution >= 0.6 is 0 Å². The summed E-state index contributed by atoms with van der Waals surface area (Å²) in [4.78, 5) is 22.1. The Labute approximate surface area is 148 Å². The zero-order chi connectivity index (χ0) is 18.1. The topological polar surface area (TPSA) is 109 Å². The molecule has 0 aliphatic carbocycles. The Morgan fingerprint density at radius 3 is 2.81 bits per heavy atom. The van der Waals surface area contributed by atoms with Crippen molar-refractivity contribution in [1.29, 1.82) is 0 Å². The summed E-state index contributed by atoms with van der Waals surface area (Å²) in [6.45, 7) is 0.226. The number of carbonyl (C=O) groups excluding carboxylic acids is 1. The van der Waals surface area contributed by atoms with Crippen molar-refractivity contribution in [3.05, 3.63) is 54.4 Å². The summed E-state index contributed by atoms with van der Waals surface area (Å²) in [5.74, 6) is 0.0457. The van der Waals surface area contributed by atoms with E-state index in [2.05, 4.69) is 9.97 Å². The standard InChI is InChI=1S/C18H17N3O5/c22-13-7-21(8-14(13)23)18(24)17-20-12(10-26-17)9-25-15-5-1-3-11-4-2-6-19-16(11)15/h1-6,10,13-14,22-23H,7-9H2/t13-,14+. The summed E-state index contributed by atoms with van der Waals surface area (Å²) in [5.41, 5.74) is 1.21. The van der Waals surface area contributed by atoms with Crippen molar-refractivity contribution >= 4 is 16.8 Å². The molecule has 1 fully saturated rings. The third-order valence-corrected chi connectivity index (χ3v) is 4.25. The number of rotatable bonds is 4. The Kier molecular flexibility index (Phi) is 4.27. The Morgan fingerprint density at radius 1 is 1.23 bits per heavy atom. The molecule has 134 valence electrons. The largest absolute Gasteiger partial charge is 0.485 e. The first-order chi connectivity index (χ1) is 12.6. The van der Waals surface area contributed by atoms with E-state index in [1.807, 2.05) is 30.3 Å². The number of benzene rings is 1. The molecule has 2 atom stereocenters. The fourth-order valence-electron chi connectivity index (χ4n) is 2.89. The number of aromatic nitrogens is 2. The number of hydrogen-bond acceptors (Lipinski definition) is 7. The number of carbonyl (C=O) groups is 1. The molecule has 8 nitrogen and oxygen atoms in total. The normalized spacial score (nSPS) is 19.8. The van der Waals surface area contributed by atoms with Gasteiger partial charge in [0.25, 0.3) is 5.89 Å². The van der Waals surface area contributed by atoms with Crippen LogP contribution in [-0.2, 0) is 6.61 Å². The van der Waals surface area contributed by atoms with Crippen LogP contribution in [0.15, 0.2) is 47.2 Å². The van der Waals surface area contributed by atoms with E-state index < -0.39 is 18.1 Å². The van der Waals surface area contributed by atoms with Crippen LogP contribution in [0.1, 0.15) is 16.4 Å². The summed E-state index contributed by atoms with van der Waals surface area (Å²) < 4.78 is 11.0. The van der Waals surface area contributed by atoms with Gasteiger partial charge in [-0.3, -0.25) is 9.78 Å². The number of fused-ring (bicyclic) bond motifs is 1. The van der Waals surface area contributed by atoms with E-state index in [0.29, 0.717) is 11.4 Å². The van der Waals surface area contributed by atoms with E-state index in [9.17, 15) is 15.0 Å². The van der Waals surface area contributed by atoms with Crippen molar-refractivity contribution in [3.8, 4) is 5.75 Å². The number of aliphatic hydroxyl groups excluding tert-OH is 2. The van der Waals surface area contributed by atoms with Gasteiger partial charge in [0.1, 0.15) is 29.8 Å². The molecular weight excluding hydrogens is 338 g/mol. The molecule has 2 N–H and O–H groups in total. The van der Waals surface area contributed by atoms with E-state index >= 15 is 0 Å². The maximum Gasteiger partial charge on any atom is 0.309 e. The van der Waals surface area contributed by atoms with Crippen LogP contribution in [0.25, 0.3) is 10.9 Å². The van der Waals surface area contributed by atoms with Gasteiger partial charge in [0.2, 0.25) is 0 Å². The van der Waals surface area contributed by atoms with Crippen LogP contribution in [0.3, 0.4) is 0 Å². The minimum absolute atomic E-state index is 0.0515. The Bertz CT molecular complexity index is 926. The molecule has 0 bridgehead atoms. The van der Waals surface area contributed by atoms with Crippen molar-refractivity contribution in [3.63, 3.8) is 0 Å². The molecule has 3 heterocycles. The summed E-state index contributed by atoms with van der Waals surface area (Å²) in [6.07, 6.45) is 1.15. The highest BCUT2D eigenvalue weighted by Gasteiger charge is 2.34. The summed E-state index contributed by atoms with van der Waals surface area (Å²) >= 11 is 0. The molecule has 1 aliphatic heterocycles. The molecule has 0 spiro atoms. The summed E-state index contributed by atoms with van der Waals surface area (Å²) in [6, 6.07) is 9.44. The molecule has 4 rings (SSSR count). The van der Waals surface area contributed by atoms with Crippen LogP contribution in [0, 0.1) is 0 Å². The lowest BCUT2D eigenvalue weighted by atomic mass is 10.2. The fourth-order valence-corrected chi connectivity index (χ4v) is 2.89. The highest BCUT2D eigenvalue weighted by Crippen LogP contribution is 2.24. The number of hydrogen-bond donors (Lipinski definition) is 2. The number of likely N-dealkylation sites (tertiary alicyclic amines) is 1. The van der Waals surface area contributed by atoms with Crippen LogP contribution in [0.4, 0.5) is 0 Å². The first-order valence-corrected chi connectivity index (χ1v) is 8.18. The maximum absolute atomic E-state index is 12.3. The van der Waals surface area contributed by atoms with E-state index in [1.165, 1.54) is 11.2 Å². The molecule has 1 aromatic carbocycles. The number of aliphatic hydroxyl groups is 2. The molecule has 1 amide bonds. The van der Waals surface area contributed by atoms with Crippen molar-refractivity contribution in [2.24, 2.45) is 0 Å². The third kappa shape index (κ3) is 3.12. The number of amides is 1. The maximum atomic E-state index is 12.3. The van der Waals surface area contributed by atoms with Crippen LogP contribution in [0.5, 0.6) is 5.75 Å². The number of para-hydroxylation sites is 1. The molecule has 26 heavy (non-hydrogen) atoms. The number of pyridine rings is 1. The van der Waals surface area contributed by atoms with Crippen molar-refractivity contribution in [2.75, 3.05) is 13.1 Å². The first kappa shape index (κ1) is 16.5. The van der Waals surface area contributed by atoms with Gasteiger partial charge in [0, 0.05) is 24.7 Å². The Morgan fingerprint density at radius 2 is 2.00 bits per heavy atom. The number of oxazole rings is 1. The van der Waals surface area contributed by atoms with E-state index in [1.54, 1.807) is 6.20 Å². The SMILES string of the molecule is O=C(c1nc(COc2cccc3cccnc23)co1)N1C[C@@H](O)[C@@H](O)C1. The lowest BCUT2D eigenvalue weighted by Gasteiger charge is -2.12. The van der Waals surface area contributed by atoms with Crippen LogP contribution < -0.4 is 4.74 Å². The van der Waals surface area contributed by atoms with Gasteiger partial charge in [-0.2, -0.15) is 0 Å². The molecule has 1 saturated heterocycles. The molecule has 2 aromatic heterocycles. The quantitative estimate of drug-likeness (QED) is 0.718. The second-order valence-corrected chi connectivity index (χ2v) is 6.11. The molecule has 1 aliphatic rings. The highest BCUT2D eigenvalue weighted by atomic mass is 16.5. The summed E-state index contributed by atoms with van der Waals surface area (Å²) in [7, 11) is 0. The predicted octanol–water partition coefficient (Wildman–Crippen LogP) is 0.979. The average molecular weight is 355 g/mol. The van der Waals surface area contributed by atoms with Gasteiger partial charge in [0.05, 0.1) is 12.2 Å². The fraction of sp³-hybridized carbons (Fsp3) is 0.278. The molecule has 0 radical (unpaired) electrons. The molecular formula is C18H17N3O5. The van der Waals surface area contributed by atoms with Gasteiger partial charge >= 0.3 is 5.91 Å². The zero-order valence-corrected chi connectivity index (χ0v) is 13.8. The molecule has 0 unspecified atom stereocenters. The van der Waals surface area contributed by atoms with Gasteiger partial charge in [0.15, 0.2) is 0 Å². The third-order valence-electron chi connectivity index (χ3n) is 4.25. The average Bonchev–Trinajstić information content (AvgIpc) is 3.26. The smallest absolute Gasteiger partial charge is 0.309 e.